The summed E-state index contributed by atoms with van der Waals surface area (Å²) >= 11 is 0. The highest BCUT2D eigenvalue weighted by Crippen LogP contribution is 2.22. The predicted molar refractivity (Wildman–Crippen MR) is 59.8 cm³/mol. The second kappa shape index (κ2) is 6.53. The van der Waals surface area contributed by atoms with E-state index in [-0.39, 0.29) is 0 Å². The van der Waals surface area contributed by atoms with Gasteiger partial charge in [-0.2, -0.15) is 0 Å². The highest BCUT2D eigenvalue weighted by molar-refractivity contribution is 7.85. The molecule has 1 fully saturated rings. The Morgan fingerprint density at radius 3 is 2.64 bits per heavy atom. The van der Waals surface area contributed by atoms with Gasteiger partial charge in [-0.3, -0.25) is 4.21 Å². The van der Waals surface area contributed by atoms with Crippen molar-refractivity contribution in [2.45, 2.75) is 43.5 Å². The van der Waals surface area contributed by atoms with Gasteiger partial charge in [0.1, 0.15) is 0 Å². The van der Waals surface area contributed by atoms with Crippen LogP contribution in [-0.2, 0) is 10.8 Å². The third-order valence-electron chi connectivity index (χ3n) is 2.72. The first kappa shape index (κ1) is 12.1. The lowest BCUT2D eigenvalue weighted by molar-refractivity contribution is 0.197. The molecule has 3 nitrogen and oxygen atoms in total. The molecule has 0 radical (unpaired) electrons. The summed E-state index contributed by atoms with van der Waals surface area (Å²) in [5.41, 5.74) is 0. The van der Waals surface area contributed by atoms with Gasteiger partial charge in [-0.05, 0) is 19.9 Å². The zero-order valence-electron chi connectivity index (χ0n) is 8.87. The van der Waals surface area contributed by atoms with Crippen LogP contribution >= 0.6 is 0 Å². The molecule has 1 rings (SSSR count). The van der Waals surface area contributed by atoms with E-state index in [0.717, 1.165) is 12.8 Å². The smallest absolute Gasteiger partial charge is 0.0779 e. The van der Waals surface area contributed by atoms with E-state index in [4.69, 9.17) is 0 Å². The lowest BCUT2D eigenvalue weighted by atomic mass is 10.0. The molecule has 0 bridgehead atoms. The van der Waals surface area contributed by atoms with Gasteiger partial charge in [0.2, 0.25) is 0 Å². The van der Waals surface area contributed by atoms with E-state index < -0.39 is 16.9 Å². The molecule has 2 N–H and O–H groups in total. The fourth-order valence-electron chi connectivity index (χ4n) is 1.95. The lowest BCUT2D eigenvalue weighted by Crippen LogP contribution is -2.32. The number of hydrogen-bond acceptors (Lipinski definition) is 3. The first-order valence-corrected chi connectivity index (χ1v) is 6.82. The predicted octanol–water partition coefficient (Wildman–Crippen LogP) is 0.648. The zero-order valence-corrected chi connectivity index (χ0v) is 9.68. The molecular weight excluding hydrogens is 198 g/mol. The van der Waals surface area contributed by atoms with Crippen LogP contribution in [0.4, 0.5) is 0 Å². The summed E-state index contributed by atoms with van der Waals surface area (Å²) in [6.07, 6.45) is 5.41. The first-order chi connectivity index (χ1) is 6.74. The number of hydrogen-bond donors (Lipinski definition) is 2. The average molecular weight is 219 g/mol. The molecule has 0 spiro atoms. The summed E-state index contributed by atoms with van der Waals surface area (Å²) in [5, 5.41) is 12.7. The molecule has 2 atom stereocenters. The first-order valence-electron chi connectivity index (χ1n) is 5.44. The Labute approximate surface area is 88.7 Å². The maximum Gasteiger partial charge on any atom is 0.0779 e. The van der Waals surface area contributed by atoms with Crippen LogP contribution in [0.2, 0.25) is 0 Å². The molecule has 4 heteroatoms. The van der Waals surface area contributed by atoms with E-state index >= 15 is 0 Å². The number of aliphatic hydroxyl groups is 1. The molecule has 14 heavy (non-hydrogen) atoms. The SMILES string of the molecule is CNCC(O)CS(=O)C1CCCCC1. The molecule has 0 saturated heterocycles. The molecule has 0 aromatic carbocycles. The topological polar surface area (TPSA) is 49.3 Å². The number of likely N-dealkylation sites (N-methyl/N-ethyl adjacent to an activating group) is 1. The molecule has 0 amide bonds. The van der Waals surface area contributed by atoms with Crippen LogP contribution in [0.3, 0.4) is 0 Å². The van der Waals surface area contributed by atoms with Gasteiger partial charge in [-0.1, -0.05) is 19.3 Å². The number of rotatable bonds is 5. The van der Waals surface area contributed by atoms with Gasteiger partial charge >= 0.3 is 0 Å². The summed E-state index contributed by atoms with van der Waals surface area (Å²) in [5.74, 6) is 0.436. The Balaban J connectivity index is 2.25. The van der Waals surface area contributed by atoms with Crippen LogP contribution in [0.25, 0.3) is 0 Å². The van der Waals surface area contributed by atoms with Crippen molar-refractivity contribution in [3.8, 4) is 0 Å². The van der Waals surface area contributed by atoms with Crippen molar-refractivity contribution in [2.24, 2.45) is 0 Å². The van der Waals surface area contributed by atoms with Crippen LogP contribution in [0.1, 0.15) is 32.1 Å². The van der Waals surface area contributed by atoms with E-state index in [1.54, 1.807) is 7.05 Å². The van der Waals surface area contributed by atoms with Crippen LogP contribution in [-0.4, -0.2) is 40.0 Å². The van der Waals surface area contributed by atoms with E-state index in [0.29, 0.717) is 17.5 Å². The van der Waals surface area contributed by atoms with Gasteiger partial charge in [0.25, 0.3) is 0 Å². The Morgan fingerprint density at radius 2 is 2.07 bits per heavy atom. The second-order valence-corrected chi connectivity index (χ2v) is 5.78. The van der Waals surface area contributed by atoms with Crippen LogP contribution in [0.15, 0.2) is 0 Å². The van der Waals surface area contributed by atoms with Gasteiger partial charge in [-0.15, -0.1) is 0 Å². The minimum atomic E-state index is -0.828. The fraction of sp³-hybridized carbons (Fsp3) is 1.00. The van der Waals surface area contributed by atoms with Gasteiger partial charge in [-0.25, -0.2) is 0 Å². The molecular formula is C10H21NO2S. The van der Waals surface area contributed by atoms with Crippen molar-refractivity contribution in [2.75, 3.05) is 19.3 Å². The van der Waals surface area contributed by atoms with E-state index in [1.165, 1.54) is 19.3 Å². The van der Waals surface area contributed by atoms with Crippen molar-refractivity contribution in [3.63, 3.8) is 0 Å². The minimum Gasteiger partial charge on any atom is -0.391 e. The quantitative estimate of drug-likeness (QED) is 0.714. The van der Waals surface area contributed by atoms with Crippen molar-refractivity contribution in [1.82, 2.24) is 5.32 Å². The second-order valence-electron chi connectivity index (χ2n) is 4.02. The average Bonchev–Trinajstić information content (AvgIpc) is 2.19. The third-order valence-corrected chi connectivity index (χ3v) is 4.65. The van der Waals surface area contributed by atoms with E-state index in [9.17, 15) is 9.32 Å². The molecule has 0 aromatic rings. The van der Waals surface area contributed by atoms with Crippen LogP contribution in [0, 0.1) is 0 Å². The molecule has 0 aliphatic heterocycles. The van der Waals surface area contributed by atoms with Crippen molar-refractivity contribution < 1.29 is 9.32 Å². The van der Waals surface area contributed by atoms with Crippen LogP contribution < -0.4 is 5.32 Å². The molecule has 1 aliphatic rings. The summed E-state index contributed by atoms with van der Waals surface area (Å²) in [7, 11) is 0.970. The molecule has 84 valence electrons. The highest BCUT2D eigenvalue weighted by atomic mass is 32.2. The van der Waals surface area contributed by atoms with Crippen LogP contribution in [0.5, 0.6) is 0 Å². The molecule has 0 aromatic heterocycles. The van der Waals surface area contributed by atoms with Crippen molar-refractivity contribution in [3.05, 3.63) is 0 Å². The highest BCUT2D eigenvalue weighted by Gasteiger charge is 2.21. The van der Waals surface area contributed by atoms with E-state index in [2.05, 4.69) is 5.32 Å². The monoisotopic (exact) mass is 219 g/mol. The lowest BCUT2D eigenvalue weighted by Gasteiger charge is -2.22. The van der Waals surface area contributed by atoms with E-state index in [1.807, 2.05) is 0 Å². The van der Waals surface area contributed by atoms with Gasteiger partial charge < -0.3 is 10.4 Å². The molecule has 0 heterocycles. The van der Waals surface area contributed by atoms with Gasteiger partial charge in [0, 0.05) is 22.6 Å². The number of aliphatic hydroxyl groups excluding tert-OH is 1. The minimum absolute atomic E-state index is 0.343. The van der Waals surface area contributed by atoms with Gasteiger partial charge in [0.05, 0.1) is 11.9 Å². The van der Waals surface area contributed by atoms with Crippen molar-refractivity contribution >= 4 is 10.8 Å². The Bertz CT molecular complexity index is 181. The normalized spacial score (nSPS) is 23.3. The molecule has 2 unspecified atom stereocenters. The Hall–Kier alpha value is 0.0700. The zero-order chi connectivity index (χ0) is 10.4. The maximum atomic E-state index is 11.8. The summed E-state index contributed by atoms with van der Waals surface area (Å²) in [4.78, 5) is 0. The van der Waals surface area contributed by atoms with Gasteiger partial charge in [0.15, 0.2) is 0 Å². The summed E-state index contributed by atoms with van der Waals surface area (Å²) < 4.78 is 11.8. The Kier molecular flexibility index (Phi) is 5.67. The molecule has 1 saturated carbocycles. The fourth-order valence-corrected chi connectivity index (χ4v) is 3.58. The maximum absolute atomic E-state index is 11.8. The summed E-state index contributed by atoms with van der Waals surface area (Å²) in [6, 6.07) is 0. The summed E-state index contributed by atoms with van der Waals surface area (Å²) in [6.45, 7) is 0.540. The Morgan fingerprint density at radius 1 is 1.43 bits per heavy atom. The van der Waals surface area contributed by atoms with Crippen molar-refractivity contribution in [1.29, 1.82) is 0 Å². The third kappa shape index (κ3) is 4.07. The number of nitrogens with one attached hydrogen (secondary N) is 1. The molecule has 1 aliphatic carbocycles. The standard InChI is InChI=1S/C10H21NO2S/c1-11-7-9(12)8-14(13)10-5-3-2-4-6-10/h9-12H,2-8H2,1H3. The largest absolute Gasteiger partial charge is 0.391 e.